The Balaban J connectivity index is 2.05. The average Bonchev–Trinajstić information content (AvgIpc) is 2.61. The highest BCUT2D eigenvalue weighted by atomic mass is 19.1. The van der Waals surface area contributed by atoms with Crippen LogP contribution in [-0.4, -0.2) is 11.9 Å². The van der Waals surface area contributed by atoms with Crippen molar-refractivity contribution in [1.82, 2.24) is 0 Å². The number of rotatable bonds is 3. The van der Waals surface area contributed by atoms with Crippen LogP contribution in [0.3, 0.4) is 0 Å². The fraction of sp³-hybridized carbons (Fsp3) is 0.533. The van der Waals surface area contributed by atoms with Gasteiger partial charge in [0, 0.05) is 18.7 Å². The average molecular weight is 264 g/mol. The van der Waals surface area contributed by atoms with Crippen LogP contribution in [0.2, 0.25) is 0 Å². The van der Waals surface area contributed by atoms with Crippen LogP contribution in [0.1, 0.15) is 45.4 Å². The fourth-order valence-corrected chi connectivity index (χ4v) is 2.56. The smallest absolute Gasteiger partial charge is 0.221 e. The Bertz CT molecular complexity index is 440. The van der Waals surface area contributed by atoms with Gasteiger partial charge >= 0.3 is 0 Å². The van der Waals surface area contributed by atoms with Gasteiger partial charge in [-0.05, 0) is 31.0 Å². The summed E-state index contributed by atoms with van der Waals surface area (Å²) in [6.07, 6.45) is 7.42. The van der Waals surface area contributed by atoms with Crippen molar-refractivity contribution in [3.8, 4) is 0 Å². The molecule has 2 N–H and O–H groups in total. The molecule has 1 aliphatic carbocycles. The first-order valence-electron chi connectivity index (χ1n) is 6.99. The lowest BCUT2D eigenvalue weighted by Crippen LogP contribution is -2.18. The monoisotopic (exact) mass is 264 g/mol. The van der Waals surface area contributed by atoms with Gasteiger partial charge in [0.1, 0.15) is 5.82 Å². The van der Waals surface area contributed by atoms with E-state index in [2.05, 4.69) is 10.6 Å². The van der Waals surface area contributed by atoms with Crippen molar-refractivity contribution < 1.29 is 9.18 Å². The van der Waals surface area contributed by atoms with Crippen LogP contribution in [0.15, 0.2) is 18.2 Å². The number of halogens is 1. The van der Waals surface area contributed by atoms with Crippen LogP contribution in [0.25, 0.3) is 0 Å². The van der Waals surface area contributed by atoms with Gasteiger partial charge in [0.2, 0.25) is 5.91 Å². The van der Waals surface area contributed by atoms with Gasteiger partial charge in [-0.2, -0.15) is 0 Å². The Labute approximate surface area is 113 Å². The zero-order chi connectivity index (χ0) is 13.7. The van der Waals surface area contributed by atoms with Gasteiger partial charge in [-0.25, -0.2) is 4.39 Å². The molecular weight excluding hydrogens is 243 g/mol. The molecule has 1 amide bonds. The van der Waals surface area contributed by atoms with Crippen LogP contribution in [-0.2, 0) is 4.79 Å². The molecule has 0 spiro atoms. The van der Waals surface area contributed by atoms with E-state index in [1.807, 2.05) is 0 Å². The van der Waals surface area contributed by atoms with Gasteiger partial charge in [0.05, 0.1) is 5.69 Å². The summed E-state index contributed by atoms with van der Waals surface area (Å²) in [5.74, 6) is -0.660. The first-order chi connectivity index (χ1) is 9.15. The number of hydrogen-bond donors (Lipinski definition) is 2. The SMILES string of the molecule is CC(=O)Nc1cc(NC2CCCCCC2)ccc1F. The summed E-state index contributed by atoms with van der Waals surface area (Å²) >= 11 is 0. The molecule has 0 atom stereocenters. The van der Waals surface area contributed by atoms with Crippen molar-refractivity contribution in [2.45, 2.75) is 51.5 Å². The van der Waals surface area contributed by atoms with E-state index in [0.717, 1.165) is 18.5 Å². The number of carbonyl (C=O) groups excluding carboxylic acids is 1. The molecule has 1 aromatic carbocycles. The maximum atomic E-state index is 13.5. The normalized spacial score (nSPS) is 16.7. The molecule has 19 heavy (non-hydrogen) atoms. The molecule has 0 aliphatic heterocycles. The largest absolute Gasteiger partial charge is 0.382 e. The summed E-state index contributed by atoms with van der Waals surface area (Å²) in [7, 11) is 0. The van der Waals surface area contributed by atoms with Crippen LogP contribution < -0.4 is 10.6 Å². The second kappa shape index (κ2) is 6.55. The highest BCUT2D eigenvalue weighted by molar-refractivity contribution is 5.89. The summed E-state index contributed by atoms with van der Waals surface area (Å²) in [5.41, 5.74) is 1.11. The molecule has 0 radical (unpaired) electrons. The molecule has 0 heterocycles. The third-order valence-electron chi connectivity index (χ3n) is 3.50. The summed E-state index contributed by atoms with van der Waals surface area (Å²) in [6, 6.07) is 5.25. The molecule has 2 rings (SSSR count). The molecule has 0 unspecified atom stereocenters. The fourth-order valence-electron chi connectivity index (χ4n) is 2.56. The van der Waals surface area contributed by atoms with E-state index in [0.29, 0.717) is 6.04 Å². The number of amides is 1. The minimum Gasteiger partial charge on any atom is -0.382 e. The zero-order valence-electron chi connectivity index (χ0n) is 11.3. The second-order valence-electron chi connectivity index (χ2n) is 5.21. The first-order valence-corrected chi connectivity index (χ1v) is 6.99. The van der Waals surface area contributed by atoms with E-state index in [1.54, 1.807) is 12.1 Å². The molecule has 1 aliphatic rings. The standard InChI is InChI=1S/C15H21FN2O/c1-11(19)17-15-10-13(8-9-14(15)16)18-12-6-4-2-3-5-7-12/h8-10,12,18H,2-7H2,1H3,(H,17,19). The van der Waals surface area contributed by atoms with Crippen LogP contribution >= 0.6 is 0 Å². The highest BCUT2D eigenvalue weighted by Gasteiger charge is 2.13. The Morgan fingerprint density at radius 1 is 1.21 bits per heavy atom. The Kier molecular flexibility index (Phi) is 4.77. The van der Waals surface area contributed by atoms with E-state index in [1.165, 1.54) is 38.7 Å². The summed E-state index contributed by atoms with van der Waals surface area (Å²) < 4.78 is 13.5. The lowest BCUT2D eigenvalue weighted by Gasteiger charge is -2.18. The van der Waals surface area contributed by atoms with Crippen molar-refractivity contribution in [2.24, 2.45) is 0 Å². The Hall–Kier alpha value is -1.58. The summed E-state index contributed by atoms with van der Waals surface area (Å²) in [6.45, 7) is 1.38. The number of nitrogens with one attached hydrogen (secondary N) is 2. The minimum absolute atomic E-state index is 0.242. The topological polar surface area (TPSA) is 41.1 Å². The van der Waals surface area contributed by atoms with Crippen molar-refractivity contribution in [1.29, 1.82) is 0 Å². The lowest BCUT2D eigenvalue weighted by molar-refractivity contribution is -0.114. The van der Waals surface area contributed by atoms with Crippen molar-refractivity contribution in [3.63, 3.8) is 0 Å². The van der Waals surface area contributed by atoms with Gasteiger partial charge in [-0.1, -0.05) is 25.7 Å². The predicted octanol–water partition coefficient (Wildman–Crippen LogP) is 3.92. The van der Waals surface area contributed by atoms with Crippen molar-refractivity contribution in [2.75, 3.05) is 10.6 Å². The molecule has 1 fully saturated rings. The van der Waals surface area contributed by atoms with Crippen LogP contribution in [0.5, 0.6) is 0 Å². The van der Waals surface area contributed by atoms with Crippen molar-refractivity contribution in [3.05, 3.63) is 24.0 Å². The number of anilines is 2. The molecular formula is C15H21FN2O. The van der Waals surface area contributed by atoms with Gasteiger partial charge in [-0.15, -0.1) is 0 Å². The summed E-state index contributed by atoms with van der Waals surface area (Å²) in [5, 5.41) is 5.95. The molecule has 1 saturated carbocycles. The maximum absolute atomic E-state index is 13.5. The van der Waals surface area contributed by atoms with Gasteiger partial charge in [-0.3, -0.25) is 4.79 Å². The number of carbonyl (C=O) groups is 1. The van der Waals surface area contributed by atoms with Gasteiger partial charge < -0.3 is 10.6 Å². The predicted molar refractivity (Wildman–Crippen MR) is 75.8 cm³/mol. The second-order valence-corrected chi connectivity index (χ2v) is 5.21. The Morgan fingerprint density at radius 3 is 2.53 bits per heavy atom. The number of hydrogen-bond acceptors (Lipinski definition) is 2. The molecule has 3 nitrogen and oxygen atoms in total. The molecule has 0 bridgehead atoms. The van der Waals surface area contributed by atoms with E-state index >= 15 is 0 Å². The molecule has 104 valence electrons. The lowest BCUT2D eigenvalue weighted by atomic mass is 10.1. The molecule has 1 aromatic rings. The zero-order valence-corrected chi connectivity index (χ0v) is 11.3. The Morgan fingerprint density at radius 2 is 1.89 bits per heavy atom. The van der Waals surface area contributed by atoms with E-state index in [9.17, 15) is 9.18 Å². The quantitative estimate of drug-likeness (QED) is 0.812. The minimum atomic E-state index is -0.401. The molecule has 4 heteroatoms. The van der Waals surface area contributed by atoms with Crippen molar-refractivity contribution >= 4 is 17.3 Å². The maximum Gasteiger partial charge on any atom is 0.221 e. The molecule has 0 aromatic heterocycles. The van der Waals surface area contributed by atoms with Crippen LogP contribution in [0.4, 0.5) is 15.8 Å². The van der Waals surface area contributed by atoms with Gasteiger partial charge in [0.25, 0.3) is 0 Å². The number of benzene rings is 1. The third-order valence-corrected chi connectivity index (χ3v) is 3.50. The molecule has 0 saturated heterocycles. The van der Waals surface area contributed by atoms with E-state index in [4.69, 9.17) is 0 Å². The third kappa shape index (κ3) is 4.23. The van der Waals surface area contributed by atoms with E-state index < -0.39 is 5.82 Å². The van der Waals surface area contributed by atoms with E-state index in [-0.39, 0.29) is 11.6 Å². The van der Waals surface area contributed by atoms with Gasteiger partial charge in [0.15, 0.2) is 0 Å². The summed E-state index contributed by atoms with van der Waals surface area (Å²) in [4.78, 5) is 11.0. The first kappa shape index (κ1) is 13.8. The van der Waals surface area contributed by atoms with Crippen LogP contribution in [0, 0.1) is 5.82 Å². The highest BCUT2D eigenvalue weighted by Crippen LogP contribution is 2.24.